The van der Waals surface area contributed by atoms with Gasteiger partial charge in [-0.1, -0.05) is 48.0 Å². The Bertz CT molecular complexity index is 989. The molecular formula is C21H16ClN3O3. The molecule has 1 amide bonds. The molecular weight excluding hydrogens is 378 g/mol. The Morgan fingerprint density at radius 2 is 1.68 bits per heavy atom. The third-order valence-electron chi connectivity index (χ3n) is 3.67. The van der Waals surface area contributed by atoms with E-state index in [0.29, 0.717) is 22.0 Å². The molecule has 28 heavy (non-hydrogen) atoms. The van der Waals surface area contributed by atoms with Crippen LogP contribution in [0.2, 0.25) is 5.02 Å². The van der Waals surface area contributed by atoms with Gasteiger partial charge in [0, 0.05) is 10.6 Å². The van der Waals surface area contributed by atoms with Crippen molar-refractivity contribution in [1.82, 2.24) is 0 Å². The van der Waals surface area contributed by atoms with Crippen molar-refractivity contribution in [2.24, 2.45) is 10.2 Å². The van der Waals surface area contributed by atoms with Gasteiger partial charge in [-0.2, -0.15) is 0 Å². The molecule has 0 saturated carbocycles. The number of nitrogens with zero attached hydrogens (tertiary/aromatic N) is 2. The first-order valence-electron chi connectivity index (χ1n) is 8.41. The minimum Gasteiger partial charge on any atom is -0.343 e. The maximum absolute atomic E-state index is 12.0. The SMILES string of the molecule is O=C(Cc1ccccc1)ONc1ccc(N=NC(=O)c2cccc(Cl)c2)cc1. The van der Waals surface area contributed by atoms with E-state index in [1.165, 1.54) is 6.07 Å². The first-order valence-corrected chi connectivity index (χ1v) is 8.79. The number of amides is 1. The maximum atomic E-state index is 12.0. The van der Waals surface area contributed by atoms with Crippen LogP contribution in [-0.4, -0.2) is 11.9 Å². The van der Waals surface area contributed by atoms with E-state index in [0.717, 1.165) is 5.56 Å². The maximum Gasteiger partial charge on any atom is 0.336 e. The summed E-state index contributed by atoms with van der Waals surface area (Å²) in [6.07, 6.45) is 0.172. The van der Waals surface area contributed by atoms with Gasteiger partial charge in [-0.05, 0) is 48.0 Å². The van der Waals surface area contributed by atoms with Crippen molar-refractivity contribution >= 4 is 34.9 Å². The summed E-state index contributed by atoms with van der Waals surface area (Å²) in [7, 11) is 0. The van der Waals surface area contributed by atoms with Gasteiger partial charge in [-0.3, -0.25) is 4.79 Å². The Kier molecular flexibility index (Phi) is 6.49. The Morgan fingerprint density at radius 1 is 0.929 bits per heavy atom. The standard InChI is InChI=1S/C21H16ClN3O3/c22-17-8-4-7-16(14-17)21(27)24-23-18-9-11-19(12-10-18)25-28-20(26)13-15-5-2-1-3-6-15/h1-12,14,25H,13H2. The number of hydrogen-bond acceptors (Lipinski definition) is 5. The third kappa shape index (κ3) is 5.75. The van der Waals surface area contributed by atoms with Gasteiger partial charge in [0.05, 0.1) is 17.8 Å². The fourth-order valence-corrected chi connectivity index (χ4v) is 2.48. The summed E-state index contributed by atoms with van der Waals surface area (Å²) in [6.45, 7) is 0. The quantitative estimate of drug-likeness (QED) is 0.450. The van der Waals surface area contributed by atoms with Crippen molar-refractivity contribution in [1.29, 1.82) is 0 Å². The molecule has 140 valence electrons. The van der Waals surface area contributed by atoms with Crippen LogP contribution in [0.5, 0.6) is 0 Å². The predicted octanol–water partition coefficient (Wildman–Crippen LogP) is 5.38. The van der Waals surface area contributed by atoms with Crippen LogP contribution in [0.3, 0.4) is 0 Å². The minimum absolute atomic E-state index is 0.172. The van der Waals surface area contributed by atoms with Crippen LogP contribution in [0.4, 0.5) is 11.4 Å². The minimum atomic E-state index is -0.487. The summed E-state index contributed by atoms with van der Waals surface area (Å²) in [5.41, 5.74) is 4.87. The zero-order valence-corrected chi connectivity index (χ0v) is 15.5. The molecule has 0 heterocycles. The first kappa shape index (κ1) is 19.3. The highest BCUT2D eigenvalue weighted by molar-refractivity contribution is 6.30. The van der Waals surface area contributed by atoms with Crippen LogP contribution in [0.25, 0.3) is 0 Å². The van der Waals surface area contributed by atoms with Crippen LogP contribution >= 0.6 is 11.6 Å². The lowest BCUT2D eigenvalue weighted by Crippen LogP contribution is -2.12. The molecule has 0 aliphatic rings. The van der Waals surface area contributed by atoms with Crippen LogP contribution in [-0.2, 0) is 16.1 Å². The van der Waals surface area contributed by atoms with Gasteiger partial charge in [0.1, 0.15) is 0 Å². The molecule has 0 bridgehead atoms. The summed E-state index contributed by atoms with van der Waals surface area (Å²) < 4.78 is 0. The summed E-state index contributed by atoms with van der Waals surface area (Å²) in [6, 6.07) is 22.4. The molecule has 0 aliphatic heterocycles. The van der Waals surface area contributed by atoms with Crippen LogP contribution in [0.15, 0.2) is 89.1 Å². The highest BCUT2D eigenvalue weighted by Crippen LogP contribution is 2.18. The second-order valence-corrected chi connectivity index (χ2v) is 6.24. The van der Waals surface area contributed by atoms with Gasteiger partial charge in [0.25, 0.3) is 5.91 Å². The van der Waals surface area contributed by atoms with Gasteiger partial charge >= 0.3 is 5.97 Å². The Balaban J connectivity index is 1.52. The van der Waals surface area contributed by atoms with E-state index in [1.54, 1.807) is 42.5 Å². The number of nitrogens with one attached hydrogen (secondary N) is 1. The van der Waals surface area contributed by atoms with E-state index in [9.17, 15) is 9.59 Å². The van der Waals surface area contributed by atoms with E-state index in [-0.39, 0.29) is 6.42 Å². The molecule has 0 radical (unpaired) electrons. The third-order valence-corrected chi connectivity index (χ3v) is 3.90. The largest absolute Gasteiger partial charge is 0.343 e. The molecule has 0 aromatic heterocycles. The number of rotatable bonds is 6. The molecule has 1 N–H and O–H groups in total. The van der Waals surface area contributed by atoms with Crippen LogP contribution < -0.4 is 5.48 Å². The van der Waals surface area contributed by atoms with Gasteiger partial charge in [0.2, 0.25) is 0 Å². The number of carbonyl (C=O) groups is 2. The average molecular weight is 394 g/mol. The van der Waals surface area contributed by atoms with E-state index < -0.39 is 11.9 Å². The second kappa shape index (κ2) is 9.43. The lowest BCUT2D eigenvalue weighted by molar-refractivity contribution is -0.139. The summed E-state index contributed by atoms with van der Waals surface area (Å²) in [5, 5.41) is 8.04. The normalized spacial score (nSPS) is 10.6. The van der Waals surface area contributed by atoms with Crippen molar-refractivity contribution in [2.75, 3.05) is 5.48 Å². The fourth-order valence-electron chi connectivity index (χ4n) is 2.29. The smallest absolute Gasteiger partial charge is 0.336 e. The average Bonchev–Trinajstić information content (AvgIpc) is 2.72. The van der Waals surface area contributed by atoms with Crippen molar-refractivity contribution in [2.45, 2.75) is 6.42 Å². The monoisotopic (exact) mass is 393 g/mol. The van der Waals surface area contributed by atoms with E-state index in [1.807, 2.05) is 30.3 Å². The van der Waals surface area contributed by atoms with E-state index >= 15 is 0 Å². The molecule has 0 unspecified atom stereocenters. The molecule has 3 rings (SSSR count). The van der Waals surface area contributed by atoms with Gasteiger partial charge in [-0.25, -0.2) is 10.3 Å². The van der Waals surface area contributed by atoms with Crippen LogP contribution in [0, 0.1) is 0 Å². The van der Waals surface area contributed by atoms with Crippen molar-refractivity contribution in [3.63, 3.8) is 0 Å². The highest BCUT2D eigenvalue weighted by atomic mass is 35.5. The molecule has 0 aliphatic carbocycles. The zero-order chi connectivity index (χ0) is 19.8. The molecule has 0 spiro atoms. The fraction of sp³-hybridized carbons (Fsp3) is 0.0476. The first-order chi connectivity index (χ1) is 13.6. The Hall–Kier alpha value is -3.51. The highest BCUT2D eigenvalue weighted by Gasteiger charge is 2.06. The molecule has 0 saturated heterocycles. The molecule has 6 nitrogen and oxygen atoms in total. The van der Waals surface area contributed by atoms with E-state index in [4.69, 9.17) is 16.4 Å². The van der Waals surface area contributed by atoms with Gasteiger partial charge < -0.3 is 4.84 Å². The number of halogens is 1. The lowest BCUT2D eigenvalue weighted by Gasteiger charge is -2.07. The number of carbonyl (C=O) groups excluding carboxylic acids is 2. The summed E-state index contributed by atoms with van der Waals surface area (Å²) in [4.78, 5) is 28.8. The predicted molar refractivity (Wildman–Crippen MR) is 107 cm³/mol. The van der Waals surface area contributed by atoms with Gasteiger partial charge in [-0.15, -0.1) is 10.2 Å². The van der Waals surface area contributed by atoms with E-state index in [2.05, 4.69) is 15.7 Å². The molecule has 7 heteroatoms. The summed E-state index contributed by atoms with van der Waals surface area (Å²) >= 11 is 5.85. The number of benzene rings is 3. The second-order valence-electron chi connectivity index (χ2n) is 5.80. The van der Waals surface area contributed by atoms with Crippen LogP contribution in [0.1, 0.15) is 15.9 Å². The topological polar surface area (TPSA) is 80.1 Å². The number of azo groups is 1. The van der Waals surface area contributed by atoms with Crippen molar-refractivity contribution in [3.8, 4) is 0 Å². The Morgan fingerprint density at radius 3 is 2.39 bits per heavy atom. The zero-order valence-electron chi connectivity index (χ0n) is 14.7. The molecule has 0 fully saturated rings. The number of anilines is 1. The molecule has 0 atom stereocenters. The molecule has 3 aromatic carbocycles. The summed E-state index contributed by atoms with van der Waals surface area (Å²) in [5.74, 6) is -0.887. The molecule has 3 aromatic rings. The van der Waals surface area contributed by atoms with Crippen molar-refractivity contribution in [3.05, 3.63) is 95.0 Å². The lowest BCUT2D eigenvalue weighted by atomic mass is 10.2. The Labute approximate surface area is 166 Å². The number of hydrogen-bond donors (Lipinski definition) is 1. The van der Waals surface area contributed by atoms with Crippen molar-refractivity contribution < 1.29 is 14.4 Å². The van der Waals surface area contributed by atoms with Gasteiger partial charge in [0.15, 0.2) is 0 Å².